The lowest BCUT2D eigenvalue weighted by Gasteiger charge is -2.02. The molecule has 6 aromatic rings. The van der Waals surface area contributed by atoms with Gasteiger partial charge in [-0.3, -0.25) is 20.2 Å². The van der Waals surface area contributed by atoms with Crippen LogP contribution in [0.15, 0.2) is 84.9 Å². The molecule has 0 amide bonds. The zero-order valence-corrected chi connectivity index (χ0v) is 21.7. The predicted octanol–water partition coefficient (Wildman–Crippen LogP) is 7.59. The van der Waals surface area contributed by atoms with Gasteiger partial charge in [-0.05, 0) is 60.7 Å². The molecule has 2 aromatic heterocycles. The predicted molar refractivity (Wildman–Crippen MR) is 151 cm³/mol. The van der Waals surface area contributed by atoms with Crippen LogP contribution >= 0.6 is 23.2 Å². The molecule has 0 aliphatic rings. The molecule has 0 saturated heterocycles. The average Bonchev–Trinajstić information content (AvgIpc) is 3.50. The number of fused-ring (bicyclic) bond motifs is 2. The summed E-state index contributed by atoms with van der Waals surface area (Å²) in [6.45, 7) is 0. The van der Waals surface area contributed by atoms with Crippen molar-refractivity contribution in [3.63, 3.8) is 0 Å². The number of aromatic amines is 1. The first-order valence-corrected chi connectivity index (χ1v) is 12.2. The van der Waals surface area contributed by atoms with Gasteiger partial charge in [0.25, 0.3) is 11.4 Å². The largest absolute Gasteiger partial charge is 0.338 e. The third-order valence-electron chi connectivity index (χ3n) is 5.97. The number of rotatable bonds is 4. The van der Waals surface area contributed by atoms with Crippen LogP contribution in [-0.4, -0.2) is 29.4 Å². The van der Waals surface area contributed by atoms with Gasteiger partial charge in [-0.2, -0.15) is 0 Å². The van der Waals surface area contributed by atoms with Gasteiger partial charge in [-0.15, -0.1) is 0 Å². The van der Waals surface area contributed by atoms with Crippen LogP contribution in [0.4, 0.5) is 11.4 Å². The maximum Gasteiger partial charge on any atom is 0.271 e. The summed E-state index contributed by atoms with van der Waals surface area (Å²) in [6.07, 6.45) is 0. The lowest BCUT2D eigenvalue weighted by atomic mass is 10.2. The number of halogens is 2. The standard InChI is InChI=1S/C14H10ClN3O2.C13H8ClN3O2/c1-17-13-7-6-11(18(19)20)8-12(13)16-14(17)9-2-4-10(15)5-3-9;14-9-3-1-8(2-4-9)13-15-11-6-5-10(17(18)19)7-12(11)16-13/h2-8H,1H3;1-7H,(H,15,16). The molecule has 0 bridgehead atoms. The lowest BCUT2D eigenvalue weighted by molar-refractivity contribution is -0.384. The normalized spacial score (nSPS) is 10.8. The Labute approximate surface area is 230 Å². The molecular formula is C27H18Cl2N6O4. The van der Waals surface area contributed by atoms with Crippen molar-refractivity contribution in [3.8, 4) is 22.8 Å². The van der Waals surface area contributed by atoms with Crippen LogP contribution in [-0.2, 0) is 7.05 Å². The third kappa shape index (κ3) is 5.42. The van der Waals surface area contributed by atoms with E-state index in [2.05, 4.69) is 15.0 Å². The third-order valence-corrected chi connectivity index (χ3v) is 6.48. The molecule has 0 radical (unpaired) electrons. The minimum atomic E-state index is -0.428. The smallest absolute Gasteiger partial charge is 0.271 e. The summed E-state index contributed by atoms with van der Waals surface area (Å²) in [5.74, 6) is 1.41. The van der Waals surface area contributed by atoms with Gasteiger partial charge in [0, 0.05) is 52.5 Å². The fourth-order valence-corrected chi connectivity index (χ4v) is 4.27. The van der Waals surface area contributed by atoms with E-state index in [-0.39, 0.29) is 11.4 Å². The summed E-state index contributed by atoms with van der Waals surface area (Å²) in [5.41, 5.74) is 4.65. The van der Waals surface area contributed by atoms with Gasteiger partial charge in [0.15, 0.2) is 0 Å². The number of nitro groups is 2. The molecule has 12 heteroatoms. The quantitative estimate of drug-likeness (QED) is 0.174. The second kappa shape index (κ2) is 10.5. The average molecular weight is 561 g/mol. The Hall–Kier alpha value is -4.80. The van der Waals surface area contributed by atoms with Gasteiger partial charge in [0.05, 0.1) is 31.9 Å². The number of hydrogen-bond donors (Lipinski definition) is 1. The molecule has 0 atom stereocenters. The van der Waals surface area contributed by atoms with E-state index in [1.807, 2.05) is 35.9 Å². The first kappa shape index (κ1) is 25.8. The second-order valence-corrected chi connectivity index (χ2v) is 9.36. The highest BCUT2D eigenvalue weighted by Gasteiger charge is 2.14. The number of non-ortho nitro benzene ring substituents is 2. The summed E-state index contributed by atoms with van der Waals surface area (Å²) >= 11 is 11.7. The molecular weight excluding hydrogens is 543 g/mol. The van der Waals surface area contributed by atoms with Crippen molar-refractivity contribution < 1.29 is 9.85 Å². The van der Waals surface area contributed by atoms with Crippen molar-refractivity contribution in [2.75, 3.05) is 0 Å². The van der Waals surface area contributed by atoms with Crippen LogP contribution in [0, 0.1) is 20.2 Å². The molecule has 6 rings (SSSR count). The first-order chi connectivity index (χ1) is 18.7. The maximum atomic E-state index is 10.8. The van der Waals surface area contributed by atoms with Crippen LogP contribution in [0.1, 0.15) is 0 Å². The van der Waals surface area contributed by atoms with Crippen molar-refractivity contribution in [3.05, 3.63) is 115 Å². The van der Waals surface area contributed by atoms with E-state index in [0.717, 1.165) is 22.5 Å². The van der Waals surface area contributed by atoms with Crippen LogP contribution in [0.5, 0.6) is 0 Å². The van der Waals surface area contributed by atoms with Gasteiger partial charge >= 0.3 is 0 Å². The molecule has 0 unspecified atom stereocenters. The fraction of sp³-hybridized carbons (Fsp3) is 0.0370. The van der Waals surface area contributed by atoms with Crippen molar-refractivity contribution in [1.29, 1.82) is 0 Å². The number of nitrogens with one attached hydrogen (secondary N) is 1. The van der Waals surface area contributed by atoms with Gasteiger partial charge in [-0.25, -0.2) is 9.97 Å². The van der Waals surface area contributed by atoms with Crippen molar-refractivity contribution >= 4 is 56.6 Å². The van der Waals surface area contributed by atoms with Crippen molar-refractivity contribution in [2.24, 2.45) is 7.05 Å². The Balaban J connectivity index is 0.000000158. The number of benzene rings is 4. The zero-order chi connectivity index (χ0) is 27.7. The van der Waals surface area contributed by atoms with Crippen LogP contribution in [0.2, 0.25) is 10.0 Å². The summed E-state index contributed by atoms with van der Waals surface area (Å²) < 4.78 is 1.91. The highest BCUT2D eigenvalue weighted by molar-refractivity contribution is 6.30. The number of nitro benzene ring substituents is 2. The summed E-state index contributed by atoms with van der Waals surface area (Å²) in [5, 5.41) is 22.8. The summed E-state index contributed by atoms with van der Waals surface area (Å²) in [6, 6.07) is 23.8. The van der Waals surface area contributed by atoms with Gasteiger partial charge in [-0.1, -0.05) is 23.2 Å². The van der Waals surface area contributed by atoms with Gasteiger partial charge in [0.2, 0.25) is 0 Å². The lowest BCUT2D eigenvalue weighted by Crippen LogP contribution is -1.92. The molecule has 0 spiro atoms. The van der Waals surface area contributed by atoms with Crippen LogP contribution < -0.4 is 0 Å². The Kier molecular flexibility index (Phi) is 6.97. The van der Waals surface area contributed by atoms with Crippen molar-refractivity contribution in [1.82, 2.24) is 19.5 Å². The highest BCUT2D eigenvalue weighted by atomic mass is 35.5. The summed E-state index contributed by atoms with van der Waals surface area (Å²) in [4.78, 5) is 32.6. The monoisotopic (exact) mass is 560 g/mol. The molecule has 39 heavy (non-hydrogen) atoms. The summed E-state index contributed by atoms with van der Waals surface area (Å²) in [7, 11) is 1.88. The Morgan fingerprint density at radius 2 is 1.28 bits per heavy atom. The number of nitrogens with zero attached hydrogens (tertiary/aromatic N) is 5. The minimum Gasteiger partial charge on any atom is -0.338 e. The number of aromatic nitrogens is 4. The van der Waals surface area contributed by atoms with E-state index >= 15 is 0 Å². The molecule has 4 aromatic carbocycles. The van der Waals surface area contributed by atoms with E-state index in [9.17, 15) is 20.2 Å². The zero-order valence-electron chi connectivity index (χ0n) is 20.2. The molecule has 1 N–H and O–H groups in total. The number of aryl methyl sites for hydroxylation is 1. The van der Waals surface area contributed by atoms with E-state index in [4.69, 9.17) is 23.2 Å². The molecule has 0 saturated carbocycles. The maximum absolute atomic E-state index is 10.8. The SMILES string of the molecule is Cn1c(-c2ccc(Cl)cc2)nc2cc([N+](=O)[O-])ccc21.O=[N+]([O-])c1ccc2nc(-c3ccc(Cl)cc3)[nH]c2c1. The number of imidazole rings is 2. The molecule has 0 aliphatic carbocycles. The molecule has 0 fully saturated rings. The van der Waals surface area contributed by atoms with Gasteiger partial charge in [0.1, 0.15) is 11.6 Å². The number of H-pyrrole nitrogens is 1. The van der Waals surface area contributed by atoms with Crippen LogP contribution in [0.3, 0.4) is 0 Å². The molecule has 0 aliphatic heterocycles. The molecule has 10 nitrogen and oxygen atoms in total. The Morgan fingerprint density at radius 3 is 1.90 bits per heavy atom. The highest BCUT2D eigenvalue weighted by Crippen LogP contribution is 2.27. The topological polar surface area (TPSA) is 133 Å². The fourth-order valence-electron chi connectivity index (χ4n) is 4.01. The van der Waals surface area contributed by atoms with Crippen molar-refractivity contribution in [2.45, 2.75) is 0 Å². The Bertz CT molecular complexity index is 1850. The Morgan fingerprint density at radius 1 is 0.718 bits per heavy atom. The van der Waals surface area contributed by atoms with Gasteiger partial charge < -0.3 is 9.55 Å². The van der Waals surface area contributed by atoms with Crippen LogP contribution in [0.25, 0.3) is 44.8 Å². The molecule has 2 heterocycles. The van der Waals surface area contributed by atoms with E-state index in [1.165, 1.54) is 24.3 Å². The van der Waals surface area contributed by atoms with E-state index < -0.39 is 9.85 Å². The number of hydrogen-bond acceptors (Lipinski definition) is 6. The minimum absolute atomic E-state index is 0.0401. The van der Waals surface area contributed by atoms with E-state index in [1.54, 1.807) is 36.4 Å². The first-order valence-electron chi connectivity index (χ1n) is 11.5. The second-order valence-electron chi connectivity index (χ2n) is 8.48. The van der Waals surface area contributed by atoms with E-state index in [0.29, 0.717) is 32.4 Å². The molecule has 194 valence electrons.